The van der Waals surface area contributed by atoms with Crippen LogP contribution in [-0.4, -0.2) is 23.6 Å². The molecule has 1 N–H and O–H groups in total. The molecule has 0 aliphatic rings. The average Bonchev–Trinajstić information content (AvgIpc) is 2.45. The Morgan fingerprint density at radius 1 is 1.10 bits per heavy atom. The number of anilines is 1. The van der Waals surface area contributed by atoms with Gasteiger partial charge in [0, 0.05) is 36.1 Å². The fraction of sp³-hybridized carbons (Fsp3) is 0.500. The van der Waals surface area contributed by atoms with Crippen molar-refractivity contribution < 1.29 is 0 Å². The van der Waals surface area contributed by atoms with E-state index in [0.29, 0.717) is 0 Å². The fourth-order valence-electron chi connectivity index (χ4n) is 2.44. The zero-order valence-corrected chi connectivity index (χ0v) is 13.9. The van der Waals surface area contributed by atoms with E-state index in [-0.39, 0.29) is 5.54 Å². The lowest BCUT2D eigenvalue weighted by atomic mass is 10.1. The molecule has 114 valence electrons. The molecule has 0 atom stereocenters. The van der Waals surface area contributed by atoms with Gasteiger partial charge in [0.15, 0.2) is 0 Å². The van der Waals surface area contributed by atoms with E-state index in [1.807, 2.05) is 0 Å². The summed E-state index contributed by atoms with van der Waals surface area (Å²) >= 11 is 0. The maximum absolute atomic E-state index is 4.90. The van der Waals surface area contributed by atoms with E-state index in [0.717, 1.165) is 31.0 Å². The standard InChI is InChI=1S/C18H27N3/c1-6-21(7-2)17-15(13-19-18(3,4)5)12-14-10-8-9-11-16(14)20-17/h8-12,19H,6-7,13H2,1-5H3. The number of rotatable bonds is 5. The van der Waals surface area contributed by atoms with Gasteiger partial charge < -0.3 is 10.2 Å². The maximum Gasteiger partial charge on any atom is 0.133 e. The molecule has 0 radical (unpaired) electrons. The number of pyridine rings is 1. The van der Waals surface area contributed by atoms with Crippen molar-refractivity contribution in [1.29, 1.82) is 0 Å². The number of nitrogens with zero attached hydrogens (tertiary/aromatic N) is 2. The average molecular weight is 285 g/mol. The summed E-state index contributed by atoms with van der Waals surface area (Å²) in [6, 6.07) is 10.6. The first kappa shape index (κ1) is 15.8. The van der Waals surface area contributed by atoms with Gasteiger partial charge in [-0.25, -0.2) is 4.98 Å². The van der Waals surface area contributed by atoms with Crippen LogP contribution < -0.4 is 10.2 Å². The zero-order chi connectivity index (χ0) is 15.5. The molecule has 0 aliphatic heterocycles. The molecule has 0 spiro atoms. The summed E-state index contributed by atoms with van der Waals surface area (Å²) in [7, 11) is 0. The van der Waals surface area contributed by atoms with Gasteiger partial charge in [-0.2, -0.15) is 0 Å². The lowest BCUT2D eigenvalue weighted by Gasteiger charge is -2.26. The Morgan fingerprint density at radius 2 is 1.76 bits per heavy atom. The quantitative estimate of drug-likeness (QED) is 0.901. The fourth-order valence-corrected chi connectivity index (χ4v) is 2.44. The molecule has 3 heteroatoms. The SMILES string of the molecule is CCN(CC)c1nc2ccccc2cc1CNC(C)(C)C. The van der Waals surface area contributed by atoms with E-state index in [2.05, 4.69) is 75.2 Å². The Balaban J connectivity index is 2.45. The Morgan fingerprint density at radius 3 is 2.38 bits per heavy atom. The van der Waals surface area contributed by atoms with Gasteiger partial charge in [0.05, 0.1) is 5.52 Å². The van der Waals surface area contributed by atoms with Gasteiger partial charge in [0.25, 0.3) is 0 Å². The normalized spacial score (nSPS) is 11.9. The molecule has 3 nitrogen and oxygen atoms in total. The van der Waals surface area contributed by atoms with Crippen LogP contribution in [0.5, 0.6) is 0 Å². The zero-order valence-electron chi connectivity index (χ0n) is 13.9. The highest BCUT2D eigenvalue weighted by Crippen LogP contribution is 2.24. The van der Waals surface area contributed by atoms with Crippen LogP contribution in [0, 0.1) is 0 Å². The van der Waals surface area contributed by atoms with E-state index < -0.39 is 0 Å². The monoisotopic (exact) mass is 285 g/mol. The molecule has 0 amide bonds. The highest BCUT2D eigenvalue weighted by atomic mass is 15.2. The van der Waals surface area contributed by atoms with Gasteiger partial charge in [-0.1, -0.05) is 18.2 Å². The van der Waals surface area contributed by atoms with Gasteiger partial charge in [-0.15, -0.1) is 0 Å². The first-order valence-electron chi connectivity index (χ1n) is 7.83. The second-order valence-corrected chi connectivity index (χ2v) is 6.44. The van der Waals surface area contributed by atoms with Crippen LogP contribution in [0.25, 0.3) is 10.9 Å². The maximum atomic E-state index is 4.90. The number of para-hydroxylation sites is 1. The Kier molecular flexibility index (Phi) is 4.84. The molecule has 0 saturated carbocycles. The molecule has 21 heavy (non-hydrogen) atoms. The third kappa shape index (κ3) is 3.94. The second-order valence-electron chi connectivity index (χ2n) is 6.44. The smallest absolute Gasteiger partial charge is 0.133 e. The van der Waals surface area contributed by atoms with Crippen molar-refractivity contribution in [3.63, 3.8) is 0 Å². The van der Waals surface area contributed by atoms with Crippen LogP contribution in [0.2, 0.25) is 0 Å². The molecule has 2 aromatic rings. The largest absolute Gasteiger partial charge is 0.357 e. The van der Waals surface area contributed by atoms with Crippen LogP contribution in [0.15, 0.2) is 30.3 Å². The van der Waals surface area contributed by atoms with Crippen LogP contribution in [0.1, 0.15) is 40.2 Å². The topological polar surface area (TPSA) is 28.2 Å². The van der Waals surface area contributed by atoms with E-state index >= 15 is 0 Å². The van der Waals surface area contributed by atoms with Crippen molar-refractivity contribution >= 4 is 16.7 Å². The van der Waals surface area contributed by atoms with Gasteiger partial charge in [-0.05, 0) is 46.8 Å². The van der Waals surface area contributed by atoms with Crippen LogP contribution in [0.3, 0.4) is 0 Å². The number of benzene rings is 1. The third-order valence-electron chi connectivity index (χ3n) is 3.65. The molecule has 0 bridgehead atoms. The lowest BCUT2D eigenvalue weighted by molar-refractivity contribution is 0.424. The molecule has 1 aromatic heterocycles. The van der Waals surface area contributed by atoms with Crippen LogP contribution in [-0.2, 0) is 6.54 Å². The summed E-state index contributed by atoms with van der Waals surface area (Å²) < 4.78 is 0. The predicted molar refractivity (Wildman–Crippen MR) is 91.9 cm³/mol. The van der Waals surface area contributed by atoms with Crippen molar-refractivity contribution in [2.75, 3.05) is 18.0 Å². The third-order valence-corrected chi connectivity index (χ3v) is 3.65. The van der Waals surface area contributed by atoms with Crippen molar-refractivity contribution in [3.05, 3.63) is 35.9 Å². The number of aromatic nitrogens is 1. The molecule has 1 aromatic carbocycles. The summed E-state index contributed by atoms with van der Waals surface area (Å²) in [4.78, 5) is 7.23. The van der Waals surface area contributed by atoms with Gasteiger partial charge in [0.2, 0.25) is 0 Å². The molecular formula is C18H27N3. The van der Waals surface area contributed by atoms with E-state index in [9.17, 15) is 0 Å². The number of fused-ring (bicyclic) bond motifs is 1. The Bertz CT molecular complexity index is 595. The van der Waals surface area contributed by atoms with Crippen molar-refractivity contribution in [3.8, 4) is 0 Å². The van der Waals surface area contributed by atoms with E-state index in [4.69, 9.17) is 4.98 Å². The molecule has 0 fully saturated rings. The first-order chi connectivity index (χ1) is 9.94. The van der Waals surface area contributed by atoms with Gasteiger partial charge in [-0.3, -0.25) is 0 Å². The summed E-state index contributed by atoms with van der Waals surface area (Å²) in [6.07, 6.45) is 0. The first-order valence-corrected chi connectivity index (χ1v) is 7.83. The van der Waals surface area contributed by atoms with Crippen molar-refractivity contribution in [2.45, 2.75) is 46.7 Å². The number of hydrogen-bond donors (Lipinski definition) is 1. The van der Waals surface area contributed by atoms with Crippen LogP contribution in [0.4, 0.5) is 5.82 Å². The Hall–Kier alpha value is -1.61. The summed E-state index contributed by atoms with van der Waals surface area (Å²) in [5.41, 5.74) is 2.44. The molecule has 0 unspecified atom stereocenters. The molecule has 0 aliphatic carbocycles. The minimum atomic E-state index is 0.103. The predicted octanol–water partition coefficient (Wildman–Crippen LogP) is 3.97. The lowest BCUT2D eigenvalue weighted by Crippen LogP contribution is -2.36. The van der Waals surface area contributed by atoms with Crippen LogP contribution >= 0.6 is 0 Å². The summed E-state index contributed by atoms with van der Waals surface area (Å²) in [6.45, 7) is 13.7. The molecule has 1 heterocycles. The summed E-state index contributed by atoms with van der Waals surface area (Å²) in [5, 5.41) is 4.79. The minimum Gasteiger partial charge on any atom is -0.357 e. The van der Waals surface area contributed by atoms with E-state index in [1.54, 1.807) is 0 Å². The van der Waals surface area contributed by atoms with Crippen molar-refractivity contribution in [2.24, 2.45) is 0 Å². The van der Waals surface area contributed by atoms with Gasteiger partial charge in [0.1, 0.15) is 5.82 Å². The van der Waals surface area contributed by atoms with Crippen molar-refractivity contribution in [1.82, 2.24) is 10.3 Å². The highest BCUT2D eigenvalue weighted by Gasteiger charge is 2.15. The minimum absolute atomic E-state index is 0.103. The number of nitrogens with one attached hydrogen (secondary N) is 1. The van der Waals surface area contributed by atoms with Gasteiger partial charge >= 0.3 is 0 Å². The molecule has 0 saturated heterocycles. The second kappa shape index (κ2) is 6.44. The highest BCUT2D eigenvalue weighted by molar-refractivity contribution is 5.81. The Labute approximate surface area is 128 Å². The number of hydrogen-bond acceptors (Lipinski definition) is 3. The molecule has 2 rings (SSSR count). The summed E-state index contributed by atoms with van der Waals surface area (Å²) in [5.74, 6) is 1.11. The van der Waals surface area contributed by atoms with E-state index in [1.165, 1.54) is 10.9 Å². The molecular weight excluding hydrogens is 258 g/mol.